The summed E-state index contributed by atoms with van der Waals surface area (Å²) in [6.07, 6.45) is 4.30. The maximum Gasteiger partial charge on any atom is 0.253 e. The van der Waals surface area contributed by atoms with Crippen LogP contribution in [0.4, 0.5) is 0 Å². The molecule has 1 aliphatic heterocycles. The van der Waals surface area contributed by atoms with E-state index in [-0.39, 0.29) is 30.5 Å². The quantitative estimate of drug-likeness (QED) is 0.899. The van der Waals surface area contributed by atoms with Crippen molar-refractivity contribution in [3.8, 4) is 5.75 Å². The van der Waals surface area contributed by atoms with Crippen molar-refractivity contribution in [3.63, 3.8) is 0 Å². The molecule has 0 radical (unpaired) electrons. The molecule has 1 heterocycles. The summed E-state index contributed by atoms with van der Waals surface area (Å²) in [5.41, 5.74) is 0.340. The number of likely N-dealkylation sites (tertiary alicyclic amines) is 1. The van der Waals surface area contributed by atoms with Gasteiger partial charge in [-0.25, -0.2) is 0 Å². The summed E-state index contributed by atoms with van der Waals surface area (Å²) in [7, 11) is 0. The molecule has 124 valence electrons. The standard InChI is InChI=1S/C17H21ClN2O3/c1-11-4-3-9-20(11)15(21)10-19-17(22)13-5-2-6-14(16(13)18)23-12-7-8-12/h2,5-6,11-12H,3-4,7-10H2,1H3,(H,19,22). The maximum atomic E-state index is 12.3. The Morgan fingerprint density at radius 3 is 2.78 bits per heavy atom. The van der Waals surface area contributed by atoms with E-state index in [1.165, 1.54) is 0 Å². The number of carbonyl (C=O) groups excluding carboxylic acids is 2. The van der Waals surface area contributed by atoms with Crippen molar-refractivity contribution >= 4 is 23.4 Å². The number of nitrogens with one attached hydrogen (secondary N) is 1. The summed E-state index contributed by atoms with van der Waals surface area (Å²) in [5.74, 6) is 0.127. The number of carbonyl (C=O) groups is 2. The molecule has 5 nitrogen and oxygen atoms in total. The molecule has 2 amide bonds. The molecule has 0 spiro atoms. The first-order valence-corrected chi connectivity index (χ1v) is 8.47. The zero-order valence-electron chi connectivity index (χ0n) is 13.2. The van der Waals surface area contributed by atoms with Crippen LogP contribution in [0.1, 0.15) is 43.0 Å². The predicted molar refractivity (Wildman–Crippen MR) is 87.8 cm³/mol. The number of rotatable bonds is 5. The van der Waals surface area contributed by atoms with Crippen molar-refractivity contribution in [1.29, 1.82) is 0 Å². The van der Waals surface area contributed by atoms with Gasteiger partial charge in [-0.05, 0) is 44.7 Å². The highest BCUT2D eigenvalue weighted by atomic mass is 35.5. The Morgan fingerprint density at radius 2 is 2.13 bits per heavy atom. The second-order valence-corrected chi connectivity index (χ2v) is 6.57. The smallest absolute Gasteiger partial charge is 0.253 e. The Kier molecular flexibility index (Phi) is 4.76. The molecule has 3 rings (SSSR count). The van der Waals surface area contributed by atoms with Crippen molar-refractivity contribution in [2.75, 3.05) is 13.1 Å². The van der Waals surface area contributed by atoms with E-state index in [1.54, 1.807) is 18.2 Å². The van der Waals surface area contributed by atoms with E-state index in [0.29, 0.717) is 16.3 Å². The molecule has 6 heteroatoms. The number of halogens is 1. The molecule has 23 heavy (non-hydrogen) atoms. The van der Waals surface area contributed by atoms with Crippen LogP contribution in [0.5, 0.6) is 5.75 Å². The Morgan fingerprint density at radius 1 is 1.35 bits per heavy atom. The maximum absolute atomic E-state index is 12.3. The van der Waals surface area contributed by atoms with Gasteiger partial charge in [0, 0.05) is 12.6 Å². The molecule has 1 aromatic carbocycles. The molecular formula is C17H21ClN2O3. The lowest BCUT2D eigenvalue weighted by molar-refractivity contribution is -0.130. The van der Waals surface area contributed by atoms with Gasteiger partial charge in [0.05, 0.1) is 23.2 Å². The molecule has 2 fully saturated rings. The number of nitrogens with zero attached hydrogens (tertiary/aromatic N) is 1. The van der Waals surface area contributed by atoms with E-state index < -0.39 is 0 Å². The highest BCUT2D eigenvalue weighted by molar-refractivity contribution is 6.35. The van der Waals surface area contributed by atoms with Gasteiger partial charge in [0.15, 0.2) is 0 Å². The molecular weight excluding hydrogens is 316 g/mol. The normalized spacial score (nSPS) is 20.4. The van der Waals surface area contributed by atoms with Gasteiger partial charge in [-0.1, -0.05) is 17.7 Å². The monoisotopic (exact) mass is 336 g/mol. The lowest BCUT2D eigenvalue weighted by Crippen LogP contribution is -2.41. The molecule has 1 atom stereocenters. The first-order chi connectivity index (χ1) is 11.1. The van der Waals surface area contributed by atoms with Crippen LogP contribution in [-0.2, 0) is 4.79 Å². The fourth-order valence-corrected chi connectivity index (χ4v) is 3.06. The van der Waals surface area contributed by atoms with Crippen LogP contribution in [0.2, 0.25) is 5.02 Å². The van der Waals surface area contributed by atoms with Crippen LogP contribution >= 0.6 is 11.6 Å². The Bertz CT molecular complexity index is 616. The van der Waals surface area contributed by atoms with Crippen molar-refractivity contribution in [2.45, 2.75) is 44.8 Å². The van der Waals surface area contributed by atoms with Gasteiger partial charge in [0.25, 0.3) is 5.91 Å². The highest BCUT2D eigenvalue weighted by Crippen LogP contribution is 2.33. The third-order valence-corrected chi connectivity index (χ3v) is 4.69. The first kappa shape index (κ1) is 16.1. The minimum Gasteiger partial charge on any atom is -0.489 e. The van der Waals surface area contributed by atoms with Crippen LogP contribution in [0.15, 0.2) is 18.2 Å². The largest absolute Gasteiger partial charge is 0.489 e. The summed E-state index contributed by atoms with van der Waals surface area (Å²) < 4.78 is 5.68. The van der Waals surface area contributed by atoms with Crippen LogP contribution in [0.3, 0.4) is 0 Å². The van der Waals surface area contributed by atoms with Gasteiger partial charge >= 0.3 is 0 Å². The van der Waals surface area contributed by atoms with E-state index in [4.69, 9.17) is 16.3 Å². The van der Waals surface area contributed by atoms with Gasteiger partial charge in [0.2, 0.25) is 5.91 Å². The minimum atomic E-state index is -0.351. The molecule has 1 N–H and O–H groups in total. The van der Waals surface area contributed by atoms with E-state index in [0.717, 1.165) is 32.2 Å². The summed E-state index contributed by atoms with van der Waals surface area (Å²) in [6, 6.07) is 5.39. The minimum absolute atomic E-state index is 0.00673. The third-order valence-electron chi connectivity index (χ3n) is 4.30. The number of hydrogen-bond donors (Lipinski definition) is 1. The van der Waals surface area contributed by atoms with Crippen LogP contribution in [0.25, 0.3) is 0 Å². The Hall–Kier alpha value is -1.75. The lowest BCUT2D eigenvalue weighted by Gasteiger charge is -2.21. The van der Waals surface area contributed by atoms with Crippen LogP contribution < -0.4 is 10.1 Å². The van der Waals surface area contributed by atoms with Gasteiger partial charge in [-0.2, -0.15) is 0 Å². The van der Waals surface area contributed by atoms with E-state index in [2.05, 4.69) is 5.32 Å². The molecule has 1 aliphatic carbocycles. The predicted octanol–water partition coefficient (Wildman–Crippen LogP) is 2.62. The van der Waals surface area contributed by atoms with Gasteiger partial charge in [-0.15, -0.1) is 0 Å². The molecule has 2 aliphatic rings. The second-order valence-electron chi connectivity index (χ2n) is 6.20. The number of hydrogen-bond acceptors (Lipinski definition) is 3. The van der Waals surface area contributed by atoms with Gasteiger partial charge in [0.1, 0.15) is 5.75 Å². The number of benzene rings is 1. The molecule has 1 unspecified atom stereocenters. The summed E-state index contributed by atoms with van der Waals surface area (Å²) in [6.45, 7) is 2.79. The highest BCUT2D eigenvalue weighted by Gasteiger charge is 2.27. The molecule has 0 bridgehead atoms. The number of ether oxygens (including phenoxy) is 1. The average Bonchev–Trinajstić information content (AvgIpc) is 3.25. The van der Waals surface area contributed by atoms with Crippen molar-refractivity contribution in [3.05, 3.63) is 28.8 Å². The zero-order chi connectivity index (χ0) is 16.4. The molecule has 1 saturated carbocycles. The molecule has 1 aromatic rings. The topological polar surface area (TPSA) is 58.6 Å². The lowest BCUT2D eigenvalue weighted by atomic mass is 10.2. The van der Waals surface area contributed by atoms with Crippen LogP contribution in [0, 0.1) is 0 Å². The third kappa shape index (κ3) is 3.78. The number of amides is 2. The molecule has 1 saturated heterocycles. The van der Waals surface area contributed by atoms with Crippen molar-refractivity contribution in [1.82, 2.24) is 10.2 Å². The second kappa shape index (κ2) is 6.79. The first-order valence-electron chi connectivity index (χ1n) is 8.09. The van der Waals surface area contributed by atoms with Gasteiger partial charge in [-0.3, -0.25) is 9.59 Å². The fraction of sp³-hybridized carbons (Fsp3) is 0.529. The zero-order valence-corrected chi connectivity index (χ0v) is 13.9. The van der Waals surface area contributed by atoms with E-state index in [1.807, 2.05) is 11.8 Å². The fourth-order valence-electron chi connectivity index (χ4n) is 2.80. The summed E-state index contributed by atoms with van der Waals surface area (Å²) in [4.78, 5) is 26.3. The van der Waals surface area contributed by atoms with E-state index in [9.17, 15) is 9.59 Å². The summed E-state index contributed by atoms with van der Waals surface area (Å²) in [5, 5.41) is 2.97. The van der Waals surface area contributed by atoms with Crippen LogP contribution in [-0.4, -0.2) is 41.9 Å². The van der Waals surface area contributed by atoms with Crippen molar-refractivity contribution in [2.24, 2.45) is 0 Å². The summed E-state index contributed by atoms with van der Waals surface area (Å²) >= 11 is 6.26. The average molecular weight is 337 g/mol. The van der Waals surface area contributed by atoms with E-state index >= 15 is 0 Å². The SMILES string of the molecule is CC1CCCN1C(=O)CNC(=O)c1cccc(OC2CC2)c1Cl. The Balaban J connectivity index is 1.60. The molecule has 0 aromatic heterocycles. The van der Waals surface area contributed by atoms with Crippen molar-refractivity contribution < 1.29 is 14.3 Å². The Labute approximate surface area is 140 Å². The van der Waals surface area contributed by atoms with Gasteiger partial charge < -0.3 is 15.0 Å².